The predicted octanol–water partition coefficient (Wildman–Crippen LogP) is 5.15. The van der Waals surface area contributed by atoms with Gasteiger partial charge in [0.05, 0.1) is 35.8 Å². The maximum Gasteiger partial charge on any atom is 0.319 e. The van der Waals surface area contributed by atoms with E-state index in [0.29, 0.717) is 37.6 Å². The molecule has 46 heavy (non-hydrogen) atoms. The molecule has 2 atom stereocenters. The van der Waals surface area contributed by atoms with Crippen molar-refractivity contribution in [3.63, 3.8) is 0 Å². The number of carbonyl (C=O) groups excluding carboxylic acids is 1. The lowest BCUT2D eigenvalue weighted by molar-refractivity contribution is -0.128. The van der Waals surface area contributed by atoms with Crippen LogP contribution in [0.15, 0.2) is 48.6 Å². The molecule has 3 aliphatic heterocycles. The van der Waals surface area contributed by atoms with Crippen LogP contribution in [0, 0.1) is 11.3 Å². The quantitative estimate of drug-likeness (QED) is 0.228. The number of alkyl halides is 1. The third-order valence-corrected chi connectivity index (χ3v) is 9.88. The minimum Gasteiger partial charge on any atom is -0.458 e. The number of nitriles is 1. The molecule has 0 radical (unpaired) electrons. The van der Waals surface area contributed by atoms with Crippen LogP contribution >= 0.6 is 23.8 Å². The van der Waals surface area contributed by atoms with E-state index in [4.69, 9.17) is 38.5 Å². The number of hydrogen-bond donors (Lipinski definition) is 0. The van der Waals surface area contributed by atoms with Crippen LogP contribution in [0.25, 0.3) is 10.8 Å². The molecule has 0 aliphatic carbocycles. The van der Waals surface area contributed by atoms with Crippen molar-refractivity contribution >= 4 is 56.9 Å². The number of anilines is 2. The monoisotopic (exact) mass is 661 g/mol. The van der Waals surface area contributed by atoms with E-state index in [1.54, 1.807) is 4.90 Å². The maximum absolute atomic E-state index is 12.8. The summed E-state index contributed by atoms with van der Waals surface area (Å²) in [4.78, 5) is 31.8. The fourth-order valence-corrected chi connectivity index (χ4v) is 7.50. The summed E-state index contributed by atoms with van der Waals surface area (Å²) in [6.45, 7) is 3.12. The number of amides is 1. The van der Waals surface area contributed by atoms with E-state index in [1.807, 2.05) is 18.2 Å². The molecule has 2 aromatic carbocycles. The first-order valence-electron chi connectivity index (χ1n) is 15.7. The molecule has 6 rings (SSSR count). The van der Waals surface area contributed by atoms with E-state index in [1.165, 1.54) is 12.2 Å². The molecule has 9 nitrogen and oxygen atoms in total. The summed E-state index contributed by atoms with van der Waals surface area (Å²) in [7, 11) is 2.08. The van der Waals surface area contributed by atoms with Crippen LogP contribution in [-0.2, 0) is 17.8 Å². The lowest BCUT2D eigenvalue weighted by Crippen LogP contribution is -2.55. The minimum atomic E-state index is -0.715. The van der Waals surface area contributed by atoms with Gasteiger partial charge in [-0.3, -0.25) is 9.69 Å². The van der Waals surface area contributed by atoms with Gasteiger partial charge in [0.2, 0.25) is 5.91 Å². The average molecular weight is 662 g/mol. The third-order valence-electron chi connectivity index (χ3n) is 9.17. The number of nitrogens with zero attached hydrogens (tertiary/aromatic N) is 7. The van der Waals surface area contributed by atoms with E-state index < -0.39 is 6.67 Å². The Hall–Kier alpha value is -3.85. The van der Waals surface area contributed by atoms with Gasteiger partial charge < -0.3 is 19.4 Å². The minimum absolute atomic E-state index is 0.154. The molecule has 2 fully saturated rings. The van der Waals surface area contributed by atoms with Gasteiger partial charge in [0, 0.05) is 59.8 Å². The van der Waals surface area contributed by atoms with Crippen LogP contribution in [0.5, 0.6) is 6.01 Å². The molecule has 3 aliphatic rings. The Morgan fingerprint density at radius 2 is 2.00 bits per heavy atom. The molecule has 1 aromatic heterocycles. The summed E-state index contributed by atoms with van der Waals surface area (Å²) in [5.41, 5.74) is 2.94. The summed E-state index contributed by atoms with van der Waals surface area (Å²) >= 11 is 12.5. The number of rotatable bonds is 9. The summed E-state index contributed by atoms with van der Waals surface area (Å²) in [6.07, 6.45) is 5.42. The second-order valence-corrected chi connectivity index (χ2v) is 12.9. The maximum atomic E-state index is 12.8. The van der Waals surface area contributed by atoms with Gasteiger partial charge in [-0.05, 0) is 56.4 Å². The van der Waals surface area contributed by atoms with Crippen molar-refractivity contribution in [2.45, 2.75) is 44.3 Å². The molecule has 0 N–H and O–H groups in total. The van der Waals surface area contributed by atoms with Crippen molar-refractivity contribution in [2.75, 3.05) is 62.9 Å². The van der Waals surface area contributed by atoms with Gasteiger partial charge in [-0.2, -0.15) is 15.2 Å². The van der Waals surface area contributed by atoms with Crippen LogP contribution in [0.4, 0.5) is 15.9 Å². The van der Waals surface area contributed by atoms with Crippen LogP contribution in [-0.4, -0.2) is 95.7 Å². The number of aromatic nitrogens is 2. The first-order chi connectivity index (χ1) is 22.4. The highest BCUT2D eigenvalue weighted by molar-refractivity contribution is 7.80. The van der Waals surface area contributed by atoms with Gasteiger partial charge in [0.1, 0.15) is 19.1 Å². The third kappa shape index (κ3) is 6.66. The second-order valence-electron chi connectivity index (χ2n) is 12.0. The summed E-state index contributed by atoms with van der Waals surface area (Å²) < 4.78 is 19.0. The number of ether oxygens (including phenoxy) is 1. The lowest BCUT2D eigenvalue weighted by atomic mass is 10.0. The molecule has 0 bridgehead atoms. The van der Waals surface area contributed by atoms with Gasteiger partial charge in [-0.25, -0.2) is 4.39 Å². The standard InChI is InChI=1S/C34H37ClFN7O2S/c1-40-16-5-10-28(40)30(46)22-45-34-38-27-21-41(29-9-3-7-23-6-2-8-26(35)32(23)29)17-13-25(27)33(39-34)42-18-19-43(24(20-42)12-15-37)31(44)11-4-14-36/h2-4,6-9,11,24,28H,5,10,12-14,16-22H2,1H3/b11-4+/t24-,28-/m0/s1. The Morgan fingerprint density at radius 3 is 2.76 bits per heavy atom. The van der Waals surface area contributed by atoms with E-state index in [-0.39, 0.29) is 37.0 Å². The zero-order valence-electron chi connectivity index (χ0n) is 25.9. The highest BCUT2D eigenvalue weighted by Gasteiger charge is 2.34. The molecule has 1 amide bonds. The molecule has 0 spiro atoms. The van der Waals surface area contributed by atoms with Crippen LogP contribution in [0.2, 0.25) is 5.02 Å². The second kappa shape index (κ2) is 14.3. The molecular weight excluding hydrogens is 625 g/mol. The van der Waals surface area contributed by atoms with Crippen molar-refractivity contribution in [2.24, 2.45) is 0 Å². The van der Waals surface area contributed by atoms with E-state index in [2.05, 4.69) is 46.0 Å². The number of piperazine rings is 1. The molecule has 0 unspecified atom stereocenters. The van der Waals surface area contributed by atoms with Crippen LogP contribution in [0.1, 0.15) is 30.5 Å². The Balaban J connectivity index is 1.32. The number of thiocarbonyl (C=S) groups is 1. The van der Waals surface area contributed by atoms with Crippen molar-refractivity contribution in [1.82, 2.24) is 19.8 Å². The zero-order valence-corrected chi connectivity index (χ0v) is 27.4. The van der Waals surface area contributed by atoms with Gasteiger partial charge in [0.25, 0.3) is 0 Å². The lowest BCUT2D eigenvalue weighted by Gasteiger charge is -2.42. The van der Waals surface area contributed by atoms with Crippen molar-refractivity contribution in [3.05, 3.63) is 64.8 Å². The molecule has 12 heteroatoms. The van der Waals surface area contributed by atoms with Crippen LogP contribution < -0.4 is 14.5 Å². The molecule has 0 saturated carbocycles. The fourth-order valence-electron chi connectivity index (χ4n) is 6.87. The Labute approximate surface area is 279 Å². The van der Waals surface area contributed by atoms with Gasteiger partial charge in [-0.15, -0.1) is 0 Å². The zero-order chi connectivity index (χ0) is 32.2. The fraction of sp³-hybridized carbons (Fsp3) is 0.441. The Bertz CT molecular complexity index is 1690. The molecule has 2 saturated heterocycles. The van der Waals surface area contributed by atoms with Gasteiger partial charge in [0.15, 0.2) is 0 Å². The van der Waals surface area contributed by atoms with Gasteiger partial charge >= 0.3 is 6.01 Å². The molecule has 4 heterocycles. The SMILES string of the molecule is CN1CCC[C@H]1C(=S)COc1nc2c(c(N3CCN(C(=O)/C=C/CF)[C@@H](CC#N)C3)n1)CCN(c1cccc3cccc(Cl)c13)C2. The highest BCUT2D eigenvalue weighted by atomic mass is 35.5. The van der Waals surface area contributed by atoms with E-state index >= 15 is 0 Å². The first-order valence-corrected chi connectivity index (χ1v) is 16.5. The van der Waals surface area contributed by atoms with Gasteiger partial charge in [-0.1, -0.05) is 48.1 Å². The van der Waals surface area contributed by atoms with Crippen LogP contribution in [0.3, 0.4) is 0 Å². The number of benzene rings is 2. The van der Waals surface area contributed by atoms with Crippen molar-refractivity contribution < 1.29 is 13.9 Å². The summed E-state index contributed by atoms with van der Waals surface area (Å²) in [5, 5.41) is 12.4. The number of halogens is 2. The Morgan fingerprint density at radius 1 is 1.17 bits per heavy atom. The van der Waals surface area contributed by atoms with E-state index in [0.717, 1.165) is 64.3 Å². The number of fused-ring (bicyclic) bond motifs is 2. The first kappa shape index (κ1) is 32.1. The Kier molecular flexibility index (Phi) is 9.97. The normalized spacial score (nSPS) is 20.3. The highest BCUT2D eigenvalue weighted by Crippen LogP contribution is 2.37. The molecule has 240 valence electrons. The smallest absolute Gasteiger partial charge is 0.319 e. The molecule has 3 aromatic rings. The number of carbonyl (C=O) groups is 1. The van der Waals surface area contributed by atoms with Crippen molar-refractivity contribution in [1.29, 1.82) is 5.26 Å². The number of allylic oxidation sites excluding steroid dienone is 1. The predicted molar refractivity (Wildman–Crippen MR) is 183 cm³/mol. The topological polar surface area (TPSA) is 88.8 Å². The molecular formula is C34H37ClFN7O2S. The summed E-state index contributed by atoms with van der Waals surface area (Å²) in [6, 6.07) is 14.4. The average Bonchev–Trinajstić information content (AvgIpc) is 3.51. The largest absolute Gasteiger partial charge is 0.458 e. The summed E-state index contributed by atoms with van der Waals surface area (Å²) in [5.74, 6) is 0.468. The van der Waals surface area contributed by atoms with E-state index in [9.17, 15) is 14.4 Å². The van der Waals surface area contributed by atoms with Crippen molar-refractivity contribution in [3.8, 4) is 12.1 Å². The number of hydrogen-bond acceptors (Lipinski definition) is 9. The number of likely N-dealkylation sites (tertiary alicyclic amines) is 1.